The van der Waals surface area contributed by atoms with Crippen LogP contribution in [0, 0.1) is 10.1 Å². The summed E-state index contributed by atoms with van der Waals surface area (Å²) in [4.78, 5) is 56.3. The molecule has 0 radical (unpaired) electrons. The molecule has 0 unspecified atom stereocenters. The highest BCUT2D eigenvalue weighted by atomic mass is 31.2. The molecular formula is C16H15N4O7P. The third-order valence-corrected chi connectivity index (χ3v) is 4.71. The van der Waals surface area contributed by atoms with Gasteiger partial charge in [-0.2, -0.15) is 0 Å². The molecule has 0 aliphatic heterocycles. The monoisotopic (exact) mass is 406 g/mol. The number of benzene rings is 2. The molecule has 5 N–H and O–H groups in total. The maximum atomic E-state index is 11.6. The molecule has 0 bridgehead atoms. The summed E-state index contributed by atoms with van der Waals surface area (Å²) >= 11 is 0. The Bertz CT molecular complexity index is 1210. The van der Waals surface area contributed by atoms with Crippen molar-refractivity contribution in [2.45, 2.75) is 12.7 Å². The van der Waals surface area contributed by atoms with Gasteiger partial charge in [0, 0.05) is 29.9 Å². The maximum Gasteiger partial charge on any atom is 0.329 e. The van der Waals surface area contributed by atoms with Gasteiger partial charge < -0.3 is 25.1 Å². The molecule has 0 aliphatic rings. The lowest BCUT2D eigenvalue weighted by Gasteiger charge is -2.10. The van der Waals surface area contributed by atoms with Gasteiger partial charge in [-0.3, -0.25) is 24.3 Å². The Morgan fingerprint density at radius 2 is 1.71 bits per heavy atom. The normalized spacial score (nSPS) is 11.5. The van der Waals surface area contributed by atoms with Gasteiger partial charge >= 0.3 is 18.7 Å². The van der Waals surface area contributed by atoms with Crippen LogP contribution in [-0.4, -0.2) is 24.7 Å². The highest BCUT2D eigenvalue weighted by Gasteiger charge is 2.15. The third-order valence-electron chi connectivity index (χ3n) is 3.93. The third kappa shape index (κ3) is 4.52. The number of nitrogens with zero attached hydrogens (tertiary/aromatic N) is 1. The zero-order chi connectivity index (χ0) is 20.5. The number of hydrogen-bond acceptors (Lipinski definition) is 6. The molecule has 0 saturated carbocycles. The SMILES string of the molecule is O=c1[nH]c2cc([N+](=O)[O-])cc(CNc3ccc(CP(=O)(O)O)cc3)c2[nH]c1=O. The van der Waals surface area contributed by atoms with Gasteiger partial charge in [-0.25, -0.2) is 0 Å². The Morgan fingerprint density at radius 1 is 1.07 bits per heavy atom. The van der Waals surface area contributed by atoms with Gasteiger partial charge in [-0.05, 0) is 17.7 Å². The summed E-state index contributed by atoms with van der Waals surface area (Å²) in [6, 6.07) is 8.75. The van der Waals surface area contributed by atoms with Gasteiger partial charge in [-0.15, -0.1) is 0 Å². The molecule has 0 fully saturated rings. The largest absolute Gasteiger partial charge is 0.381 e. The van der Waals surface area contributed by atoms with Gasteiger partial charge in [0.25, 0.3) is 5.69 Å². The smallest absolute Gasteiger partial charge is 0.329 e. The van der Waals surface area contributed by atoms with E-state index < -0.39 is 23.6 Å². The Hall–Kier alpha value is -3.27. The van der Waals surface area contributed by atoms with E-state index in [0.29, 0.717) is 16.8 Å². The molecule has 0 aliphatic carbocycles. The van der Waals surface area contributed by atoms with Crippen LogP contribution >= 0.6 is 7.60 Å². The number of rotatable bonds is 6. The standard InChI is InChI=1S/C16H15N4O7P/c21-15-16(22)19-14-10(5-12(20(23)24)6-13(14)18-15)7-17-11-3-1-9(2-4-11)8-28(25,26)27/h1-6,17H,7-8H2,(H,18,21)(H,19,22)(H2,25,26,27). The zero-order valence-corrected chi connectivity index (χ0v) is 15.1. The summed E-state index contributed by atoms with van der Waals surface area (Å²) in [7, 11) is -4.16. The van der Waals surface area contributed by atoms with Crippen molar-refractivity contribution in [2.24, 2.45) is 0 Å². The Kier molecular flexibility index (Phi) is 5.14. The number of hydrogen-bond donors (Lipinski definition) is 5. The number of nitro benzene ring substituents is 1. The van der Waals surface area contributed by atoms with E-state index in [1.807, 2.05) is 0 Å². The van der Waals surface area contributed by atoms with E-state index in [0.717, 1.165) is 6.07 Å². The van der Waals surface area contributed by atoms with Crippen molar-refractivity contribution in [3.63, 3.8) is 0 Å². The average molecular weight is 406 g/mol. The Morgan fingerprint density at radius 3 is 2.32 bits per heavy atom. The van der Waals surface area contributed by atoms with Crippen LogP contribution in [0.15, 0.2) is 46.0 Å². The quantitative estimate of drug-likeness (QED) is 0.176. The molecular weight excluding hydrogens is 391 g/mol. The molecule has 12 heteroatoms. The summed E-state index contributed by atoms with van der Waals surface area (Å²) in [5.41, 5.74) is -0.186. The fraction of sp³-hybridized carbons (Fsp3) is 0.125. The first-order chi connectivity index (χ1) is 13.1. The molecule has 0 saturated heterocycles. The van der Waals surface area contributed by atoms with Crippen LogP contribution in [-0.2, 0) is 17.3 Å². The second kappa shape index (κ2) is 7.39. The van der Waals surface area contributed by atoms with E-state index >= 15 is 0 Å². The number of anilines is 1. The van der Waals surface area contributed by atoms with Crippen LogP contribution < -0.4 is 16.4 Å². The van der Waals surface area contributed by atoms with Crippen molar-refractivity contribution in [1.29, 1.82) is 0 Å². The predicted octanol–water partition coefficient (Wildman–Crippen LogP) is 1.41. The van der Waals surface area contributed by atoms with Gasteiger partial charge in [0.05, 0.1) is 22.1 Å². The van der Waals surface area contributed by atoms with Gasteiger partial charge in [-0.1, -0.05) is 12.1 Å². The van der Waals surface area contributed by atoms with Crippen molar-refractivity contribution in [3.8, 4) is 0 Å². The maximum absolute atomic E-state index is 11.6. The molecule has 3 rings (SSSR count). The van der Waals surface area contributed by atoms with Gasteiger partial charge in [0.2, 0.25) is 0 Å². The second-order valence-corrected chi connectivity index (χ2v) is 7.71. The molecule has 0 spiro atoms. The van der Waals surface area contributed by atoms with E-state index in [4.69, 9.17) is 9.79 Å². The lowest BCUT2D eigenvalue weighted by molar-refractivity contribution is -0.384. The fourth-order valence-corrected chi connectivity index (χ4v) is 3.38. The van der Waals surface area contributed by atoms with Crippen LogP contribution in [0.5, 0.6) is 0 Å². The molecule has 11 nitrogen and oxygen atoms in total. The van der Waals surface area contributed by atoms with Crippen LogP contribution in [0.4, 0.5) is 11.4 Å². The lowest BCUT2D eigenvalue weighted by atomic mass is 10.1. The first-order valence-electron chi connectivity index (χ1n) is 7.93. The number of H-pyrrole nitrogens is 2. The average Bonchev–Trinajstić information content (AvgIpc) is 2.60. The van der Waals surface area contributed by atoms with Crippen LogP contribution in [0.1, 0.15) is 11.1 Å². The van der Waals surface area contributed by atoms with E-state index in [9.17, 15) is 24.3 Å². The molecule has 1 heterocycles. The van der Waals surface area contributed by atoms with E-state index in [-0.39, 0.29) is 29.4 Å². The summed E-state index contributed by atoms with van der Waals surface area (Å²) < 4.78 is 11.0. The van der Waals surface area contributed by atoms with Crippen molar-refractivity contribution in [2.75, 3.05) is 5.32 Å². The molecule has 3 aromatic rings. The number of fused-ring (bicyclic) bond motifs is 1. The zero-order valence-electron chi connectivity index (χ0n) is 14.2. The number of non-ortho nitro benzene ring substituents is 1. The first kappa shape index (κ1) is 19.5. The van der Waals surface area contributed by atoms with Crippen molar-refractivity contribution < 1.29 is 19.3 Å². The van der Waals surface area contributed by atoms with E-state index in [2.05, 4.69) is 15.3 Å². The summed E-state index contributed by atoms with van der Waals surface area (Å²) in [6.07, 6.45) is -0.378. The molecule has 146 valence electrons. The van der Waals surface area contributed by atoms with Crippen molar-refractivity contribution in [3.05, 3.63) is 78.3 Å². The highest BCUT2D eigenvalue weighted by molar-refractivity contribution is 7.50. The first-order valence-corrected chi connectivity index (χ1v) is 9.73. The number of aromatic amines is 2. The Balaban J connectivity index is 1.90. The minimum Gasteiger partial charge on any atom is -0.381 e. The fourth-order valence-electron chi connectivity index (χ4n) is 2.69. The number of aromatic nitrogens is 2. The minimum absolute atomic E-state index is 0.0952. The van der Waals surface area contributed by atoms with Crippen LogP contribution in [0.3, 0.4) is 0 Å². The Labute approximate surface area is 156 Å². The second-order valence-electron chi connectivity index (χ2n) is 6.07. The van der Waals surface area contributed by atoms with E-state index in [1.165, 1.54) is 6.07 Å². The molecule has 0 atom stereocenters. The van der Waals surface area contributed by atoms with Crippen LogP contribution in [0.2, 0.25) is 0 Å². The predicted molar refractivity (Wildman–Crippen MR) is 101 cm³/mol. The van der Waals surface area contributed by atoms with Gasteiger partial charge in [0.15, 0.2) is 0 Å². The van der Waals surface area contributed by atoms with E-state index in [1.54, 1.807) is 24.3 Å². The summed E-state index contributed by atoms with van der Waals surface area (Å²) in [5.74, 6) is 0. The molecule has 28 heavy (non-hydrogen) atoms. The molecule has 2 aromatic carbocycles. The summed E-state index contributed by atoms with van der Waals surface area (Å²) in [5, 5.41) is 14.1. The summed E-state index contributed by atoms with van der Waals surface area (Å²) in [6.45, 7) is 0.0952. The lowest BCUT2D eigenvalue weighted by Crippen LogP contribution is -2.29. The van der Waals surface area contributed by atoms with Crippen molar-refractivity contribution in [1.82, 2.24) is 9.97 Å². The number of nitro groups is 1. The highest BCUT2D eigenvalue weighted by Crippen LogP contribution is 2.39. The minimum atomic E-state index is -4.16. The molecule has 0 amide bonds. The van der Waals surface area contributed by atoms with Gasteiger partial charge in [0.1, 0.15) is 0 Å². The van der Waals surface area contributed by atoms with Crippen molar-refractivity contribution >= 4 is 30.0 Å². The molecule has 1 aromatic heterocycles. The van der Waals surface area contributed by atoms with Crippen LogP contribution in [0.25, 0.3) is 11.0 Å². The number of nitrogens with one attached hydrogen (secondary N) is 3. The topological polar surface area (TPSA) is 178 Å².